The number of hydrogen-bond donors (Lipinski definition) is 1. The van der Waals surface area contributed by atoms with Crippen molar-refractivity contribution in [2.75, 3.05) is 6.54 Å². The van der Waals surface area contributed by atoms with Crippen molar-refractivity contribution in [2.24, 2.45) is 0 Å². The quantitative estimate of drug-likeness (QED) is 0.780. The Labute approximate surface area is 156 Å². The molecule has 0 radical (unpaired) electrons. The van der Waals surface area contributed by atoms with Crippen LogP contribution < -0.4 is 4.74 Å². The number of piperidine rings is 1. The normalized spacial score (nSPS) is 20.6. The van der Waals surface area contributed by atoms with Gasteiger partial charge in [0.15, 0.2) is 0 Å². The van der Waals surface area contributed by atoms with Crippen LogP contribution in [0.15, 0.2) is 12.1 Å². The van der Waals surface area contributed by atoms with E-state index in [-0.39, 0.29) is 28.9 Å². The third-order valence-electron chi connectivity index (χ3n) is 4.02. The Balaban J connectivity index is 2.15. The highest BCUT2D eigenvalue weighted by Crippen LogP contribution is 2.31. The van der Waals surface area contributed by atoms with Gasteiger partial charge in [0.1, 0.15) is 23.3 Å². The van der Waals surface area contributed by atoms with Gasteiger partial charge < -0.3 is 19.5 Å². The lowest BCUT2D eigenvalue weighted by Gasteiger charge is -2.36. The van der Waals surface area contributed by atoms with Crippen molar-refractivity contribution in [2.45, 2.75) is 58.3 Å². The predicted molar refractivity (Wildman–Crippen MR) is 94.4 cm³/mol. The predicted octanol–water partition coefficient (Wildman–Crippen LogP) is 4.34. The Bertz CT molecular complexity index is 704. The van der Waals surface area contributed by atoms with E-state index in [9.17, 15) is 19.1 Å². The van der Waals surface area contributed by atoms with Crippen LogP contribution in [0.4, 0.5) is 9.18 Å². The molecule has 1 heterocycles. The molecule has 8 heteroatoms. The summed E-state index contributed by atoms with van der Waals surface area (Å²) in [5, 5.41) is 9.28. The van der Waals surface area contributed by atoms with Gasteiger partial charge in [-0.15, -0.1) is 0 Å². The van der Waals surface area contributed by atoms with Crippen LogP contribution in [0.2, 0.25) is 5.02 Å². The Morgan fingerprint density at radius 2 is 1.96 bits per heavy atom. The highest BCUT2D eigenvalue weighted by atomic mass is 35.5. The summed E-state index contributed by atoms with van der Waals surface area (Å²) in [6, 6.07) is 2.10. The molecule has 1 aliphatic rings. The van der Waals surface area contributed by atoms with Gasteiger partial charge in [-0.2, -0.15) is 0 Å². The third kappa shape index (κ3) is 5.00. The number of esters is 1. The monoisotopic (exact) mass is 387 g/mol. The SMILES string of the molecule is CC1CCC(Oc2cc(F)c(C(=O)OC(C)(C)C)cc2Cl)CN1C(=O)O. The minimum Gasteiger partial charge on any atom is -0.487 e. The smallest absolute Gasteiger partial charge is 0.407 e. The summed E-state index contributed by atoms with van der Waals surface area (Å²) in [6.07, 6.45) is -0.209. The van der Waals surface area contributed by atoms with Crippen molar-refractivity contribution in [3.8, 4) is 5.75 Å². The summed E-state index contributed by atoms with van der Waals surface area (Å²) in [6.45, 7) is 7.04. The van der Waals surface area contributed by atoms with E-state index in [1.807, 2.05) is 6.92 Å². The molecule has 1 amide bonds. The van der Waals surface area contributed by atoms with Crippen LogP contribution in [0.3, 0.4) is 0 Å². The number of carbonyl (C=O) groups is 2. The van der Waals surface area contributed by atoms with Gasteiger partial charge in [0.2, 0.25) is 0 Å². The fraction of sp³-hybridized carbons (Fsp3) is 0.556. The maximum absolute atomic E-state index is 14.3. The number of carbonyl (C=O) groups excluding carboxylic acids is 1. The number of rotatable bonds is 3. The van der Waals surface area contributed by atoms with Crippen LogP contribution in [0.25, 0.3) is 0 Å². The van der Waals surface area contributed by atoms with Gasteiger partial charge in [-0.1, -0.05) is 11.6 Å². The minimum absolute atomic E-state index is 0.0627. The standard InChI is InChI=1S/C18H23ClFNO5/c1-10-5-6-11(9-21(10)17(23)24)25-15-8-14(20)12(7-13(15)19)16(22)26-18(2,3)4/h7-8,10-11H,5-6,9H2,1-4H3,(H,23,24). The molecule has 0 bridgehead atoms. The summed E-state index contributed by atoms with van der Waals surface area (Å²) in [5.41, 5.74) is -1.04. The van der Waals surface area contributed by atoms with Crippen LogP contribution in [-0.2, 0) is 4.74 Å². The number of halogens is 2. The van der Waals surface area contributed by atoms with Gasteiger partial charge in [0.25, 0.3) is 0 Å². The minimum atomic E-state index is -1.02. The second-order valence-corrected chi connectivity index (χ2v) is 7.77. The van der Waals surface area contributed by atoms with Crippen molar-refractivity contribution >= 4 is 23.7 Å². The molecule has 144 valence electrons. The van der Waals surface area contributed by atoms with Crippen molar-refractivity contribution in [1.29, 1.82) is 0 Å². The van der Waals surface area contributed by atoms with Gasteiger partial charge in [-0.3, -0.25) is 0 Å². The molecule has 2 unspecified atom stereocenters. The summed E-state index contributed by atoms with van der Waals surface area (Å²) < 4.78 is 25.2. The van der Waals surface area contributed by atoms with E-state index in [1.54, 1.807) is 20.8 Å². The zero-order chi connectivity index (χ0) is 19.6. The average Bonchev–Trinajstić information content (AvgIpc) is 2.50. The molecule has 1 fully saturated rings. The number of hydrogen-bond acceptors (Lipinski definition) is 4. The van der Waals surface area contributed by atoms with Crippen LogP contribution in [0, 0.1) is 5.82 Å². The van der Waals surface area contributed by atoms with Crippen LogP contribution in [0.5, 0.6) is 5.75 Å². The van der Waals surface area contributed by atoms with Crippen molar-refractivity contribution in [3.63, 3.8) is 0 Å². The third-order valence-corrected chi connectivity index (χ3v) is 4.31. The first-order chi connectivity index (χ1) is 12.0. The number of likely N-dealkylation sites (tertiary alicyclic amines) is 1. The number of ether oxygens (including phenoxy) is 2. The molecule has 2 rings (SSSR count). The molecule has 26 heavy (non-hydrogen) atoms. The first-order valence-corrected chi connectivity index (χ1v) is 8.74. The average molecular weight is 388 g/mol. The lowest BCUT2D eigenvalue weighted by Crippen LogP contribution is -2.48. The number of carboxylic acid groups (broad SMARTS) is 1. The Morgan fingerprint density at radius 1 is 1.31 bits per heavy atom. The van der Waals surface area contributed by atoms with Crippen molar-refractivity contribution in [1.82, 2.24) is 4.90 Å². The Morgan fingerprint density at radius 3 is 2.54 bits per heavy atom. The van der Waals surface area contributed by atoms with E-state index < -0.39 is 29.6 Å². The zero-order valence-corrected chi connectivity index (χ0v) is 16.0. The van der Waals surface area contributed by atoms with Crippen LogP contribution >= 0.6 is 11.6 Å². The lowest BCUT2D eigenvalue weighted by atomic mass is 10.0. The molecule has 1 saturated heterocycles. The number of nitrogens with zero attached hydrogens (tertiary/aromatic N) is 1. The second kappa shape index (κ2) is 7.70. The van der Waals surface area contributed by atoms with E-state index in [4.69, 9.17) is 21.1 Å². The molecular weight excluding hydrogens is 365 g/mol. The van der Waals surface area contributed by atoms with Gasteiger partial charge >= 0.3 is 12.1 Å². The van der Waals surface area contributed by atoms with Crippen molar-refractivity contribution in [3.05, 3.63) is 28.5 Å². The highest BCUT2D eigenvalue weighted by molar-refractivity contribution is 6.32. The largest absolute Gasteiger partial charge is 0.487 e. The number of benzene rings is 1. The lowest BCUT2D eigenvalue weighted by molar-refractivity contribution is 0.00642. The van der Waals surface area contributed by atoms with Crippen LogP contribution in [-0.4, -0.2) is 46.4 Å². The van der Waals surface area contributed by atoms with Gasteiger partial charge in [-0.25, -0.2) is 14.0 Å². The molecule has 1 aliphatic heterocycles. The molecule has 0 saturated carbocycles. The molecular formula is C18H23ClFNO5. The highest BCUT2D eigenvalue weighted by Gasteiger charge is 2.31. The molecule has 1 N–H and O–H groups in total. The molecule has 0 aromatic heterocycles. The van der Waals surface area contributed by atoms with E-state index in [2.05, 4.69) is 0 Å². The van der Waals surface area contributed by atoms with Gasteiger partial charge in [-0.05, 0) is 46.6 Å². The first-order valence-electron chi connectivity index (χ1n) is 8.36. The fourth-order valence-corrected chi connectivity index (χ4v) is 2.93. The molecule has 1 aromatic rings. The summed E-state index contributed by atoms with van der Waals surface area (Å²) in [5.74, 6) is -1.55. The van der Waals surface area contributed by atoms with E-state index in [0.717, 1.165) is 6.07 Å². The fourth-order valence-electron chi connectivity index (χ4n) is 2.72. The Kier molecular flexibility index (Phi) is 6.01. The number of amides is 1. The molecule has 6 nitrogen and oxygen atoms in total. The topological polar surface area (TPSA) is 76.1 Å². The molecule has 0 spiro atoms. The molecule has 2 atom stereocenters. The molecule has 1 aromatic carbocycles. The van der Waals surface area contributed by atoms with E-state index in [0.29, 0.717) is 12.8 Å². The van der Waals surface area contributed by atoms with Crippen LogP contribution in [0.1, 0.15) is 50.9 Å². The summed E-state index contributed by atoms with van der Waals surface area (Å²) in [4.78, 5) is 24.6. The first kappa shape index (κ1) is 20.3. The van der Waals surface area contributed by atoms with Gasteiger partial charge in [0.05, 0.1) is 17.1 Å². The molecule has 0 aliphatic carbocycles. The van der Waals surface area contributed by atoms with Crippen molar-refractivity contribution < 1.29 is 28.6 Å². The summed E-state index contributed by atoms with van der Waals surface area (Å²) in [7, 11) is 0. The Hall–Kier alpha value is -2.02. The van der Waals surface area contributed by atoms with E-state index in [1.165, 1.54) is 11.0 Å². The zero-order valence-electron chi connectivity index (χ0n) is 15.2. The van der Waals surface area contributed by atoms with E-state index >= 15 is 0 Å². The van der Waals surface area contributed by atoms with Gasteiger partial charge in [0, 0.05) is 12.1 Å². The maximum atomic E-state index is 14.3. The maximum Gasteiger partial charge on any atom is 0.407 e. The summed E-state index contributed by atoms with van der Waals surface area (Å²) >= 11 is 6.13. The second-order valence-electron chi connectivity index (χ2n) is 7.37.